The average molecular weight is 450 g/mol. The standard InChI is InChI=1S/C15H16FN3O6S3/c1-18-11-4-3-10(16)9-12(11)19(28(18,23)24)7-6-17-27(21,22)13-5-8-26-14(13)15(20)25-2/h3-5,8-9,17H,6-7H2,1-2H3. The Balaban J connectivity index is 1.79. The number of benzene rings is 1. The summed E-state index contributed by atoms with van der Waals surface area (Å²) in [7, 11) is -5.57. The van der Waals surface area contributed by atoms with Crippen molar-refractivity contribution >= 4 is 48.9 Å². The number of nitrogens with zero attached hydrogens (tertiary/aromatic N) is 2. The Kier molecular flexibility index (Phi) is 5.36. The van der Waals surface area contributed by atoms with Crippen LogP contribution < -0.4 is 13.3 Å². The van der Waals surface area contributed by atoms with Crippen LogP contribution in [0.4, 0.5) is 15.8 Å². The Bertz CT molecular complexity index is 1130. The lowest BCUT2D eigenvalue weighted by molar-refractivity contribution is 0.0602. The Hall–Kier alpha value is -2.22. The van der Waals surface area contributed by atoms with Gasteiger partial charge in [-0.25, -0.2) is 26.6 Å². The number of sulfonamides is 1. The summed E-state index contributed by atoms with van der Waals surface area (Å²) >= 11 is 0.912. The Morgan fingerprint density at radius 2 is 2.00 bits per heavy atom. The van der Waals surface area contributed by atoms with Gasteiger partial charge in [-0.3, -0.25) is 4.31 Å². The summed E-state index contributed by atoms with van der Waals surface area (Å²) in [6, 6.07) is 4.80. The normalized spacial score (nSPS) is 15.5. The largest absolute Gasteiger partial charge is 0.465 e. The van der Waals surface area contributed by atoms with E-state index in [-0.39, 0.29) is 34.2 Å². The van der Waals surface area contributed by atoms with Crippen molar-refractivity contribution in [2.24, 2.45) is 0 Å². The van der Waals surface area contributed by atoms with E-state index < -0.39 is 32.0 Å². The molecular weight excluding hydrogens is 433 g/mol. The first-order chi connectivity index (χ1) is 13.1. The summed E-state index contributed by atoms with van der Waals surface area (Å²) < 4.78 is 72.3. The van der Waals surface area contributed by atoms with Gasteiger partial charge in [-0.05, 0) is 23.6 Å². The fourth-order valence-corrected chi connectivity index (χ4v) is 6.47. The molecule has 0 bridgehead atoms. The highest BCUT2D eigenvalue weighted by molar-refractivity contribution is 7.94. The summed E-state index contributed by atoms with van der Waals surface area (Å²) in [6.07, 6.45) is 0. The number of fused-ring (bicyclic) bond motifs is 1. The van der Waals surface area contributed by atoms with Gasteiger partial charge in [0.25, 0.3) is 0 Å². The molecule has 0 amide bonds. The predicted molar refractivity (Wildman–Crippen MR) is 102 cm³/mol. The van der Waals surface area contributed by atoms with E-state index in [9.17, 15) is 26.0 Å². The van der Waals surface area contributed by atoms with Crippen molar-refractivity contribution in [1.82, 2.24) is 4.72 Å². The van der Waals surface area contributed by atoms with Crippen LogP contribution in [0.1, 0.15) is 9.67 Å². The van der Waals surface area contributed by atoms with Crippen LogP contribution >= 0.6 is 11.3 Å². The van der Waals surface area contributed by atoms with E-state index in [4.69, 9.17) is 0 Å². The molecule has 3 rings (SSSR count). The van der Waals surface area contributed by atoms with Gasteiger partial charge in [-0.2, -0.15) is 8.42 Å². The maximum Gasteiger partial charge on any atom is 0.349 e. The molecule has 152 valence electrons. The van der Waals surface area contributed by atoms with Crippen molar-refractivity contribution in [1.29, 1.82) is 0 Å². The first-order valence-corrected chi connectivity index (χ1v) is 11.6. The number of thiophene rings is 1. The molecule has 0 fully saturated rings. The van der Waals surface area contributed by atoms with Crippen molar-refractivity contribution in [3.63, 3.8) is 0 Å². The molecular formula is C15H16FN3O6S3. The number of methoxy groups -OCH3 is 1. The number of carbonyl (C=O) groups is 1. The monoisotopic (exact) mass is 449 g/mol. The molecule has 28 heavy (non-hydrogen) atoms. The molecule has 9 nitrogen and oxygen atoms in total. The molecule has 0 saturated heterocycles. The maximum absolute atomic E-state index is 13.6. The first kappa shape index (κ1) is 20.5. The molecule has 1 N–H and O–H groups in total. The van der Waals surface area contributed by atoms with Crippen LogP contribution in [-0.2, 0) is 25.0 Å². The van der Waals surface area contributed by atoms with Gasteiger partial charge in [0.2, 0.25) is 10.0 Å². The topological polar surface area (TPSA) is 113 Å². The van der Waals surface area contributed by atoms with Crippen LogP contribution in [-0.4, -0.2) is 50.1 Å². The molecule has 0 saturated carbocycles. The number of halogens is 1. The smallest absolute Gasteiger partial charge is 0.349 e. The molecule has 2 heterocycles. The number of rotatable bonds is 6. The number of hydrogen-bond acceptors (Lipinski definition) is 7. The highest BCUT2D eigenvalue weighted by Crippen LogP contribution is 2.39. The van der Waals surface area contributed by atoms with Crippen LogP contribution in [0.25, 0.3) is 0 Å². The van der Waals surface area contributed by atoms with E-state index in [0.29, 0.717) is 0 Å². The minimum atomic E-state index is -4.08. The Morgan fingerprint density at radius 3 is 2.68 bits per heavy atom. The summed E-state index contributed by atoms with van der Waals surface area (Å²) in [5.41, 5.74) is 0.405. The fourth-order valence-electron chi connectivity index (χ4n) is 2.70. The minimum Gasteiger partial charge on any atom is -0.465 e. The van der Waals surface area contributed by atoms with Crippen molar-refractivity contribution in [3.05, 3.63) is 40.3 Å². The zero-order valence-corrected chi connectivity index (χ0v) is 17.2. The predicted octanol–water partition coefficient (Wildman–Crippen LogP) is 1.15. The van der Waals surface area contributed by atoms with Crippen molar-refractivity contribution in [2.75, 3.05) is 35.9 Å². The van der Waals surface area contributed by atoms with E-state index in [1.165, 1.54) is 24.6 Å². The van der Waals surface area contributed by atoms with Gasteiger partial charge in [0.05, 0.1) is 18.5 Å². The van der Waals surface area contributed by atoms with Crippen LogP contribution in [0.3, 0.4) is 0 Å². The van der Waals surface area contributed by atoms with E-state index >= 15 is 0 Å². The summed E-state index contributed by atoms with van der Waals surface area (Å²) in [4.78, 5) is 11.3. The van der Waals surface area contributed by atoms with Gasteiger partial charge >= 0.3 is 16.2 Å². The van der Waals surface area contributed by atoms with Crippen LogP contribution in [0.2, 0.25) is 0 Å². The van der Waals surface area contributed by atoms with Crippen molar-refractivity contribution in [2.45, 2.75) is 4.90 Å². The molecule has 1 aromatic carbocycles. The Morgan fingerprint density at radius 1 is 1.29 bits per heavy atom. The molecule has 0 atom stereocenters. The van der Waals surface area contributed by atoms with E-state index in [1.54, 1.807) is 0 Å². The third-order valence-corrected chi connectivity index (χ3v) is 8.42. The van der Waals surface area contributed by atoms with Crippen molar-refractivity contribution in [3.8, 4) is 0 Å². The van der Waals surface area contributed by atoms with Gasteiger partial charge in [0, 0.05) is 26.2 Å². The minimum absolute atomic E-state index is 0.0871. The number of nitrogens with one attached hydrogen (secondary N) is 1. The molecule has 2 aromatic rings. The summed E-state index contributed by atoms with van der Waals surface area (Å²) in [6.45, 7) is -0.554. The van der Waals surface area contributed by atoms with Crippen molar-refractivity contribution < 1.29 is 30.8 Å². The fraction of sp³-hybridized carbons (Fsp3) is 0.267. The van der Waals surface area contributed by atoms with Crippen LogP contribution in [0.5, 0.6) is 0 Å². The molecule has 0 spiro atoms. The lowest BCUT2D eigenvalue weighted by Crippen LogP contribution is -2.40. The highest BCUT2D eigenvalue weighted by Gasteiger charge is 2.38. The number of carbonyl (C=O) groups excluding carboxylic acids is 1. The summed E-state index contributed by atoms with van der Waals surface area (Å²) in [5, 5.41) is 1.43. The zero-order valence-electron chi connectivity index (χ0n) is 14.7. The molecule has 13 heteroatoms. The van der Waals surface area contributed by atoms with Crippen LogP contribution in [0, 0.1) is 5.82 Å². The molecule has 1 aliphatic rings. The SMILES string of the molecule is COC(=O)c1sccc1S(=O)(=O)NCCN1c2cc(F)ccc2N(C)S1(=O)=O. The molecule has 1 aliphatic heterocycles. The second kappa shape index (κ2) is 7.31. The lowest BCUT2D eigenvalue weighted by Gasteiger charge is -2.19. The first-order valence-electron chi connectivity index (χ1n) is 7.81. The number of hydrogen-bond donors (Lipinski definition) is 1. The Labute approximate surface area is 165 Å². The maximum atomic E-state index is 13.6. The van der Waals surface area contributed by atoms with Gasteiger partial charge in [-0.1, -0.05) is 0 Å². The number of esters is 1. The van der Waals surface area contributed by atoms with Gasteiger partial charge in [0.15, 0.2) is 0 Å². The summed E-state index contributed by atoms with van der Waals surface area (Å²) in [5.74, 6) is -1.40. The zero-order chi connectivity index (χ0) is 20.7. The van der Waals surface area contributed by atoms with E-state index in [0.717, 1.165) is 39.2 Å². The molecule has 0 aliphatic carbocycles. The molecule has 0 radical (unpaired) electrons. The molecule has 0 unspecified atom stereocenters. The third-order valence-electron chi connectivity index (χ3n) is 4.07. The number of ether oxygens (including phenoxy) is 1. The van der Waals surface area contributed by atoms with E-state index in [1.807, 2.05) is 0 Å². The van der Waals surface area contributed by atoms with Crippen LogP contribution in [0.15, 0.2) is 34.5 Å². The van der Waals surface area contributed by atoms with E-state index in [2.05, 4.69) is 9.46 Å². The second-order valence-electron chi connectivity index (χ2n) is 5.68. The second-order valence-corrected chi connectivity index (χ2v) is 10.2. The highest BCUT2D eigenvalue weighted by atomic mass is 32.2. The quantitative estimate of drug-likeness (QED) is 0.662. The van der Waals surface area contributed by atoms with Gasteiger partial charge in [-0.15, -0.1) is 11.3 Å². The lowest BCUT2D eigenvalue weighted by atomic mass is 10.2. The third kappa shape index (κ3) is 3.45. The average Bonchev–Trinajstić information content (AvgIpc) is 3.20. The molecule has 1 aromatic heterocycles. The number of anilines is 2. The van der Waals surface area contributed by atoms with Gasteiger partial charge in [0.1, 0.15) is 15.6 Å². The van der Waals surface area contributed by atoms with Gasteiger partial charge < -0.3 is 4.74 Å².